The van der Waals surface area contributed by atoms with Gasteiger partial charge in [-0.3, -0.25) is 4.18 Å². The summed E-state index contributed by atoms with van der Waals surface area (Å²) in [6.45, 7) is -2.18. The van der Waals surface area contributed by atoms with Gasteiger partial charge in [-0.05, 0) is 12.8 Å². The molecule has 2 aliphatic rings. The molecule has 2 rings (SSSR count). The third-order valence-corrected chi connectivity index (χ3v) is 6.15. The molecule has 1 aliphatic heterocycles. The number of nitrogens with zero attached hydrogens (tertiary/aromatic N) is 1. The third-order valence-electron chi connectivity index (χ3n) is 3.05. The Morgan fingerprint density at radius 2 is 1.67 bits per heavy atom. The molecule has 0 atom stereocenters. The maximum atomic E-state index is 12.7. The first-order chi connectivity index (χ1) is 7.98. The van der Waals surface area contributed by atoms with E-state index in [9.17, 15) is 25.6 Å². The summed E-state index contributed by atoms with van der Waals surface area (Å²) in [5.74, 6) is -2.99. The van der Waals surface area contributed by atoms with Crippen LogP contribution in [-0.4, -0.2) is 57.8 Å². The molecule has 1 saturated carbocycles. The first-order valence-electron chi connectivity index (χ1n) is 5.20. The minimum atomic E-state index is -3.92. The van der Waals surface area contributed by atoms with Crippen LogP contribution in [0.15, 0.2) is 0 Å². The molecule has 0 unspecified atom stereocenters. The van der Waals surface area contributed by atoms with Crippen LogP contribution < -0.4 is 0 Å². The van der Waals surface area contributed by atoms with E-state index < -0.39 is 50.5 Å². The van der Waals surface area contributed by atoms with Crippen molar-refractivity contribution in [2.75, 3.05) is 26.0 Å². The highest BCUT2D eigenvalue weighted by Gasteiger charge is 2.62. The molecule has 0 aromatic rings. The maximum Gasteiger partial charge on any atom is 0.275 e. The van der Waals surface area contributed by atoms with Gasteiger partial charge in [-0.2, -0.15) is 12.7 Å². The molecule has 1 aliphatic carbocycles. The molecule has 6 nitrogen and oxygen atoms in total. The lowest BCUT2D eigenvalue weighted by atomic mass is 10.2. The Labute approximate surface area is 104 Å². The van der Waals surface area contributed by atoms with Crippen LogP contribution >= 0.6 is 0 Å². The lowest BCUT2D eigenvalue weighted by Gasteiger charge is -2.39. The quantitative estimate of drug-likeness (QED) is 0.656. The van der Waals surface area contributed by atoms with E-state index in [1.807, 2.05) is 0 Å². The standard InChI is InChI=1S/C8H13F2NO5S2/c1-17(12,13)16-6-7(2-3-7)18(14,15)11-4-8(9,10)5-11/h2-6H2,1H3. The predicted molar refractivity (Wildman–Crippen MR) is 58.2 cm³/mol. The van der Waals surface area contributed by atoms with Gasteiger partial charge in [0, 0.05) is 0 Å². The molecule has 0 amide bonds. The van der Waals surface area contributed by atoms with Crippen LogP contribution in [0, 0.1) is 0 Å². The molecule has 106 valence electrons. The Bertz CT molecular complexity index is 544. The summed E-state index contributed by atoms with van der Waals surface area (Å²) in [4.78, 5) is 0. The van der Waals surface area contributed by atoms with Crippen molar-refractivity contribution < 1.29 is 29.8 Å². The van der Waals surface area contributed by atoms with Gasteiger partial charge >= 0.3 is 0 Å². The van der Waals surface area contributed by atoms with Crippen LogP contribution in [0.3, 0.4) is 0 Å². The fourth-order valence-corrected chi connectivity index (χ4v) is 4.35. The highest BCUT2D eigenvalue weighted by Crippen LogP contribution is 2.48. The van der Waals surface area contributed by atoms with E-state index in [-0.39, 0.29) is 12.8 Å². The summed E-state index contributed by atoms with van der Waals surface area (Å²) in [6, 6.07) is 0. The summed E-state index contributed by atoms with van der Waals surface area (Å²) >= 11 is 0. The smallest absolute Gasteiger partial charge is 0.269 e. The molecule has 18 heavy (non-hydrogen) atoms. The Morgan fingerprint density at radius 3 is 2.00 bits per heavy atom. The summed E-state index contributed by atoms with van der Waals surface area (Å²) in [7, 11) is -7.67. The Kier molecular flexibility index (Phi) is 3.01. The number of hydrogen-bond acceptors (Lipinski definition) is 5. The van der Waals surface area contributed by atoms with Crippen LogP contribution in [0.25, 0.3) is 0 Å². The van der Waals surface area contributed by atoms with E-state index in [1.54, 1.807) is 0 Å². The lowest BCUT2D eigenvalue weighted by Crippen LogP contribution is -2.61. The molecule has 0 aromatic heterocycles. The highest BCUT2D eigenvalue weighted by atomic mass is 32.2. The molecule has 0 N–H and O–H groups in total. The van der Waals surface area contributed by atoms with Crippen molar-refractivity contribution in [3.8, 4) is 0 Å². The summed E-state index contributed by atoms with van der Waals surface area (Å²) in [5.41, 5.74) is 0. The van der Waals surface area contributed by atoms with Crippen LogP contribution in [-0.2, 0) is 24.3 Å². The van der Waals surface area contributed by atoms with E-state index in [0.717, 1.165) is 6.26 Å². The molecule has 0 bridgehead atoms. The zero-order chi connectivity index (χ0) is 13.8. The van der Waals surface area contributed by atoms with Gasteiger partial charge in [0.05, 0.1) is 26.0 Å². The minimum Gasteiger partial charge on any atom is -0.269 e. The molecule has 0 spiro atoms. The molecule has 0 aromatic carbocycles. The Hall–Kier alpha value is -0.320. The normalized spacial score (nSPS) is 26.6. The second kappa shape index (κ2) is 3.84. The molecular weight excluding hydrogens is 292 g/mol. The van der Waals surface area contributed by atoms with Gasteiger partial charge in [0.15, 0.2) is 0 Å². The maximum absolute atomic E-state index is 12.7. The molecule has 1 saturated heterocycles. The number of hydrogen-bond donors (Lipinski definition) is 0. The highest BCUT2D eigenvalue weighted by molar-refractivity contribution is 7.91. The van der Waals surface area contributed by atoms with Gasteiger partial charge in [-0.1, -0.05) is 0 Å². The predicted octanol–water partition coefficient (Wildman–Crippen LogP) is -0.224. The fraction of sp³-hybridized carbons (Fsp3) is 1.00. The van der Waals surface area contributed by atoms with Crippen molar-refractivity contribution in [1.29, 1.82) is 0 Å². The van der Waals surface area contributed by atoms with E-state index in [4.69, 9.17) is 0 Å². The molecule has 10 heteroatoms. The summed E-state index contributed by atoms with van der Waals surface area (Å²) < 4.78 is 74.9. The number of halogens is 2. The van der Waals surface area contributed by atoms with Gasteiger partial charge < -0.3 is 0 Å². The minimum absolute atomic E-state index is 0.229. The summed E-state index contributed by atoms with van der Waals surface area (Å²) in [6.07, 6.45) is 1.27. The first-order valence-corrected chi connectivity index (χ1v) is 8.45. The van der Waals surface area contributed by atoms with Crippen molar-refractivity contribution >= 4 is 20.1 Å². The SMILES string of the molecule is CS(=O)(=O)OCC1(S(=O)(=O)N2CC(F)(F)C2)CC1. The van der Waals surface area contributed by atoms with Gasteiger partial charge in [-0.25, -0.2) is 17.2 Å². The molecular formula is C8H13F2NO5S2. The molecule has 1 heterocycles. The Morgan fingerprint density at radius 1 is 1.17 bits per heavy atom. The average molecular weight is 305 g/mol. The monoisotopic (exact) mass is 305 g/mol. The number of sulfonamides is 1. The van der Waals surface area contributed by atoms with Crippen LogP contribution in [0.2, 0.25) is 0 Å². The zero-order valence-corrected chi connectivity index (χ0v) is 11.2. The van der Waals surface area contributed by atoms with Crippen LogP contribution in [0.1, 0.15) is 12.8 Å². The van der Waals surface area contributed by atoms with Crippen molar-refractivity contribution in [3.63, 3.8) is 0 Å². The molecule has 2 fully saturated rings. The van der Waals surface area contributed by atoms with Crippen LogP contribution in [0.4, 0.5) is 8.78 Å². The Balaban J connectivity index is 2.07. The van der Waals surface area contributed by atoms with Crippen molar-refractivity contribution in [2.24, 2.45) is 0 Å². The number of rotatable bonds is 5. The van der Waals surface area contributed by atoms with Crippen LogP contribution in [0.5, 0.6) is 0 Å². The zero-order valence-electron chi connectivity index (χ0n) is 9.60. The largest absolute Gasteiger partial charge is 0.275 e. The van der Waals surface area contributed by atoms with E-state index >= 15 is 0 Å². The third kappa shape index (κ3) is 2.51. The van der Waals surface area contributed by atoms with E-state index in [1.165, 1.54) is 0 Å². The topological polar surface area (TPSA) is 80.8 Å². The molecule has 0 radical (unpaired) electrons. The van der Waals surface area contributed by atoms with Gasteiger partial charge in [0.1, 0.15) is 4.75 Å². The van der Waals surface area contributed by atoms with Gasteiger partial charge in [-0.15, -0.1) is 0 Å². The van der Waals surface area contributed by atoms with Crippen molar-refractivity contribution in [1.82, 2.24) is 4.31 Å². The fourth-order valence-electron chi connectivity index (χ4n) is 1.74. The van der Waals surface area contributed by atoms with Crippen molar-refractivity contribution in [3.05, 3.63) is 0 Å². The second-order valence-electron chi connectivity index (χ2n) is 4.78. The van der Waals surface area contributed by atoms with Crippen molar-refractivity contribution in [2.45, 2.75) is 23.5 Å². The van der Waals surface area contributed by atoms with Gasteiger partial charge in [0.2, 0.25) is 10.0 Å². The van der Waals surface area contributed by atoms with E-state index in [0.29, 0.717) is 4.31 Å². The first kappa shape index (κ1) is 14.1. The summed E-state index contributed by atoms with van der Waals surface area (Å²) in [5, 5.41) is 0. The average Bonchev–Trinajstić information content (AvgIpc) is 2.90. The lowest BCUT2D eigenvalue weighted by molar-refractivity contribution is -0.0950. The van der Waals surface area contributed by atoms with E-state index in [2.05, 4.69) is 4.18 Å². The number of alkyl halides is 2. The second-order valence-corrected chi connectivity index (χ2v) is 8.75. The van der Waals surface area contributed by atoms with Gasteiger partial charge in [0.25, 0.3) is 16.0 Å².